The highest BCUT2D eigenvalue weighted by Crippen LogP contribution is 2.49. The van der Waals surface area contributed by atoms with Gasteiger partial charge in [0.25, 0.3) is 0 Å². The van der Waals surface area contributed by atoms with Crippen LogP contribution in [0.15, 0.2) is 24.3 Å². The molecule has 0 aromatic heterocycles. The molecule has 0 aromatic carbocycles. The second-order valence-electron chi connectivity index (χ2n) is 18.3. The van der Waals surface area contributed by atoms with Crippen molar-refractivity contribution >= 4 is 36.3 Å². The van der Waals surface area contributed by atoms with Crippen LogP contribution in [-0.2, 0) is 42.7 Å². The van der Waals surface area contributed by atoms with Crippen molar-refractivity contribution in [2.45, 2.75) is 93.9 Å². The van der Waals surface area contributed by atoms with E-state index in [1.165, 1.54) is 13.8 Å². The van der Waals surface area contributed by atoms with Gasteiger partial charge in [-0.05, 0) is 85.9 Å². The molecule has 17 heteroatoms. The van der Waals surface area contributed by atoms with E-state index in [9.17, 15) is 28.8 Å². The van der Waals surface area contributed by atoms with Crippen molar-refractivity contribution in [1.29, 1.82) is 0 Å². The zero-order valence-corrected chi connectivity index (χ0v) is 36.6. The summed E-state index contributed by atoms with van der Waals surface area (Å²) < 4.78 is 36.1. The highest BCUT2D eigenvalue weighted by molar-refractivity contribution is 5.87. The van der Waals surface area contributed by atoms with Crippen LogP contribution in [0.3, 0.4) is 0 Å². The summed E-state index contributed by atoms with van der Waals surface area (Å²) in [5, 5.41) is 11.3. The minimum atomic E-state index is -0.590. The Bertz CT molecular complexity index is 1360. The van der Waals surface area contributed by atoms with Crippen molar-refractivity contribution in [1.82, 2.24) is 21.3 Å². The van der Waals surface area contributed by atoms with Crippen LogP contribution in [0.2, 0.25) is 0 Å². The number of carbonyl (C=O) groups excluding carboxylic acids is 6. The smallest absolute Gasteiger partial charge is 0.407 e. The van der Waals surface area contributed by atoms with Gasteiger partial charge in [-0.3, -0.25) is 0 Å². The lowest BCUT2D eigenvalue weighted by molar-refractivity contribution is -0.140. The SMILES string of the molecule is C=C(C)C(=O)OCCOC(=O)NCC1(C)CC(CNC(=O)OCCOCCOC(=O)NCC2CC(C)(C)CC(C)(CNC(=O)OCCOC(=O)C(=C)C)C2)CC(C)(C)C1. The molecule has 2 saturated carbocycles. The molecular formula is C42H70N4O13. The van der Waals surface area contributed by atoms with Gasteiger partial charge in [-0.2, -0.15) is 0 Å². The monoisotopic (exact) mass is 838 g/mol. The van der Waals surface area contributed by atoms with Gasteiger partial charge in [0.2, 0.25) is 0 Å². The summed E-state index contributed by atoms with van der Waals surface area (Å²) in [7, 11) is 0. The molecule has 336 valence electrons. The van der Waals surface area contributed by atoms with E-state index < -0.39 is 36.3 Å². The molecular weight excluding hydrogens is 768 g/mol. The quantitative estimate of drug-likeness (QED) is 0.0439. The fourth-order valence-corrected chi connectivity index (χ4v) is 8.76. The van der Waals surface area contributed by atoms with Gasteiger partial charge in [0, 0.05) is 37.3 Å². The normalized spacial score (nSPS) is 23.0. The van der Waals surface area contributed by atoms with E-state index >= 15 is 0 Å². The van der Waals surface area contributed by atoms with E-state index in [-0.39, 0.29) is 97.5 Å². The molecule has 4 atom stereocenters. The fourth-order valence-electron chi connectivity index (χ4n) is 8.76. The maximum absolute atomic E-state index is 12.4. The Morgan fingerprint density at radius 1 is 0.475 bits per heavy atom. The summed E-state index contributed by atoms with van der Waals surface area (Å²) in [6.07, 6.45) is 2.80. The van der Waals surface area contributed by atoms with Crippen LogP contribution in [0.25, 0.3) is 0 Å². The second-order valence-corrected chi connectivity index (χ2v) is 18.3. The molecule has 2 aliphatic carbocycles. The summed E-state index contributed by atoms with van der Waals surface area (Å²) in [4.78, 5) is 72.3. The molecule has 2 rings (SSSR count). The topological polar surface area (TPSA) is 215 Å². The first-order valence-electron chi connectivity index (χ1n) is 20.4. The maximum Gasteiger partial charge on any atom is 0.407 e. The van der Waals surface area contributed by atoms with Crippen molar-refractivity contribution < 1.29 is 61.9 Å². The van der Waals surface area contributed by atoms with Crippen LogP contribution < -0.4 is 21.3 Å². The maximum atomic E-state index is 12.4. The predicted molar refractivity (Wildman–Crippen MR) is 218 cm³/mol. The first-order chi connectivity index (χ1) is 27.5. The molecule has 0 heterocycles. The Hall–Kier alpha value is -4.54. The van der Waals surface area contributed by atoms with Crippen molar-refractivity contribution in [2.24, 2.45) is 33.5 Å². The Morgan fingerprint density at radius 3 is 1.12 bits per heavy atom. The summed E-state index contributed by atoms with van der Waals surface area (Å²) >= 11 is 0. The van der Waals surface area contributed by atoms with Crippen LogP contribution in [0, 0.1) is 33.5 Å². The zero-order valence-electron chi connectivity index (χ0n) is 36.6. The number of nitrogens with one attached hydrogen (secondary N) is 4. The highest BCUT2D eigenvalue weighted by atomic mass is 16.6. The molecule has 4 unspecified atom stereocenters. The number of alkyl carbamates (subject to hydrolysis) is 4. The van der Waals surface area contributed by atoms with E-state index in [1.54, 1.807) is 0 Å². The van der Waals surface area contributed by atoms with Gasteiger partial charge in [-0.15, -0.1) is 0 Å². The first-order valence-corrected chi connectivity index (χ1v) is 20.4. The van der Waals surface area contributed by atoms with Crippen LogP contribution >= 0.6 is 0 Å². The van der Waals surface area contributed by atoms with Gasteiger partial charge in [0.1, 0.15) is 39.6 Å². The molecule has 4 amide bonds. The van der Waals surface area contributed by atoms with Crippen molar-refractivity contribution in [2.75, 3.05) is 79.0 Å². The van der Waals surface area contributed by atoms with Gasteiger partial charge in [0.05, 0.1) is 13.2 Å². The third kappa shape index (κ3) is 21.3. The van der Waals surface area contributed by atoms with Crippen LogP contribution in [-0.4, -0.2) is 115 Å². The predicted octanol–water partition coefficient (Wildman–Crippen LogP) is 5.81. The van der Waals surface area contributed by atoms with Gasteiger partial charge in [-0.1, -0.05) is 54.7 Å². The highest BCUT2D eigenvalue weighted by Gasteiger charge is 2.42. The minimum absolute atomic E-state index is 0.0172. The third-order valence-electron chi connectivity index (χ3n) is 10.2. The Morgan fingerprint density at radius 2 is 0.780 bits per heavy atom. The van der Waals surface area contributed by atoms with Crippen molar-refractivity contribution in [3.8, 4) is 0 Å². The average molecular weight is 839 g/mol. The number of esters is 2. The molecule has 59 heavy (non-hydrogen) atoms. The third-order valence-corrected chi connectivity index (χ3v) is 10.2. The lowest BCUT2D eigenvalue weighted by atomic mass is 9.60. The van der Waals surface area contributed by atoms with E-state index in [0.29, 0.717) is 26.2 Å². The molecule has 0 aliphatic heterocycles. The van der Waals surface area contributed by atoms with Crippen molar-refractivity contribution in [3.05, 3.63) is 24.3 Å². The summed E-state index contributed by atoms with van der Waals surface area (Å²) in [6.45, 7) is 24.7. The summed E-state index contributed by atoms with van der Waals surface area (Å²) in [5.74, 6) is -0.751. The van der Waals surface area contributed by atoms with Gasteiger partial charge in [-0.25, -0.2) is 28.8 Å². The molecule has 4 N–H and O–H groups in total. The standard InChI is InChI=1S/C42H70N4O13/c1-29(2)33(47)54-15-17-58-37(51)45-27-41(9)21-31(19-39(5,6)25-41)23-43-35(49)56-13-11-53-12-14-57-36(50)44-24-32-20-40(7,8)26-42(10,22-32)28-46-38(52)59-18-16-55-34(48)30(3)4/h31-32H,1,3,11-28H2,2,4-10H3,(H,43,49)(H,44,50)(H,45,51)(H,46,52). The van der Waals surface area contributed by atoms with Crippen LogP contribution in [0.5, 0.6) is 0 Å². The summed E-state index contributed by atoms with van der Waals surface area (Å²) in [6, 6.07) is 0. The molecule has 2 fully saturated rings. The van der Waals surface area contributed by atoms with Crippen LogP contribution in [0.4, 0.5) is 19.2 Å². The average Bonchev–Trinajstić information content (AvgIpc) is 3.12. The Kier molecular flexibility index (Phi) is 20.5. The lowest BCUT2D eigenvalue weighted by Crippen LogP contribution is -2.46. The fraction of sp³-hybridized carbons (Fsp3) is 0.762. The number of carbonyl (C=O) groups is 6. The molecule has 2 aliphatic rings. The number of hydrogen-bond donors (Lipinski definition) is 4. The van der Waals surface area contributed by atoms with E-state index in [4.69, 9.17) is 33.2 Å². The number of ether oxygens (including phenoxy) is 7. The Labute approximate surface area is 349 Å². The molecule has 0 saturated heterocycles. The minimum Gasteiger partial charge on any atom is -0.459 e. The first kappa shape index (κ1) is 50.6. The molecule has 0 aromatic rings. The van der Waals surface area contributed by atoms with Gasteiger partial charge >= 0.3 is 36.3 Å². The summed E-state index contributed by atoms with van der Waals surface area (Å²) in [5.41, 5.74) is 0.0511. The number of hydrogen-bond acceptors (Lipinski definition) is 13. The molecule has 0 bridgehead atoms. The van der Waals surface area contributed by atoms with Crippen LogP contribution in [0.1, 0.15) is 93.9 Å². The molecule has 17 nitrogen and oxygen atoms in total. The van der Waals surface area contributed by atoms with Crippen molar-refractivity contribution in [3.63, 3.8) is 0 Å². The van der Waals surface area contributed by atoms with E-state index in [0.717, 1.165) is 38.5 Å². The zero-order chi connectivity index (χ0) is 44.3. The Balaban J connectivity index is 1.60. The number of amides is 4. The van der Waals surface area contributed by atoms with Gasteiger partial charge in [0.15, 0.2) is 0 Å². The second kappa shape index (κ2) is 23.9. The van der Waals surface area contributed by atoms with E-state index in [2.05, 4.69) is 76.0 Å². The molecule has 0 radical (unpaired) electrons. The largest absolute Gasteiger partial charge is 0.459 e. The molecule has 0 spiro atoms. The lowest BCUT2D eigenvalue weighted by Gasteiger charge is -2.46. The van der Waals surface area contributed by atoms with Gasteiger partial charge < -0.3 is 54.4 Å². The number of rotatable bonds is 22. The van der Waals surface area contributed by atoms with E-state index in [1.807, 2.05) is 0 Å².